The lowest BCUT2D eigenvalue weighted by molar-refractivity contribution is 0.0971. The minimum absolute atomic E-state index is 0.359. The van der Waals surface area contributed by atoms with Gasteiger partial charge in [0.25, 0.3) is 0 Å². The van der Waals surface area contributed by atoms with E-state index in [4.69, 9.17) is 10.5 Å². The van der Waals surface area contributed by atoms with E-state index in [2.05, 4.69) is 73.1 Å². The number of rotatable bonds is 22. The van der Waals surface area contributed by atoms with Crippen molar-refractivity contribution >= 4 is 17.5 Å². The van der Waals surface area contributed by atoms with Crippen LogP contribution in [-0.2, 0) is 11.2 Å². The number of amides is 1. The molecule has 0 aliphatic heterocycles. The number of nitrogens with one attached hydrogen (secondary N) is 2. The zero-order valence-electron chi connectivity index (χ0n) is 28.8. The molecule has 0 heterocycles. The molecule has 0 radical (unpaired) electrons. The lowest BCUT2D eigenvalue weighted by Crippen LogP contribution is -2.29. The normalized spacial score (nSPS) is 16.2. The molecule has 1 aliphatic rings. The number of alkyl carbamates (subject to hydrolysis) is 1. The van der Waals surface area contributed by atoms with E-state index in [1.54, 1.807) is 0 Å². The Kier molecular flexibility index (Phi) is 18.5. The van der Waals surface area contributed by atoms with Gasteiger partial charge in [-0.15, -0.1) is 0 Å². The molecule has 0 fully saturated rings. The second-order valence-electron chi connectivity index (χ2n) is 12.6. The van der Waals surface area contributed by atoms with Crippen LogP contribution in [-0.4, -0.2) is 19.2 Å². The van der Waals surface area contributed by atoms with Crippen molar-refractivity contribution < 1.29 is 9.53 Å². The topological polar surface area (TPSA) is 76.4 Å². The Labute approximate surface area is 280 Å². The van der Waals surface area contributed by atoms with Gasteiger partial charge >= 0.3 is 6.09 Å². The lowest BCUT2D eigenvalue weighted by atomic mass is 9.88. The van der Waals surface area contributed by atoms with E-state index in [9.17, 15) is 4.79 Å². The molecular weight excluding hydrogens is 566 g/mol. The Morgan fingerprint density at radius 1 is 0.739 bits per heavy atom. The molecule has 46 heavy (non-hydrogen) atoms. The van der Waals surface area contributed by atoms with Crippen molar-refractivity contribution in [1.29, 1.82) is 0 Å². The highest BCUT2D eigenvalue weighted by atomic mass is 16.6. The number of fused-ring (bicyclic) bond motifs is 2. The number of benzene rings is 2. The van der Waals surface area contributed by atoms with Crippen LogP contribution in [0.3, 0.4) is 0 Å². The first-order chi connectivity index (χ1) is 22.7. The van der Waals surface area contributed by atoms with E-state index in [0.717, 1.165) is 65.9 Å². The molecule has 1 amide bonds. The fourth-order valence-corrected chi connectivity index (χ4v) is 6.09. The number of carbonyl (C=O) groups is 1. The second kappa shape index (κ2) is 22.9. The summed E-state index contributed by atoms with van der Waals surface area (Å²) in [7, 11) is 0. The van der Waals surface area contributed by atoms with Crippen LogP contribution in [0.1, 0.15) is 145 Å². The number of ether oxygens (including phenoxy) is 1. The van der Waals surface area contributed by atoms with E-state index in [-0.39, 0.29) is 6.09 Å². The van der Waals surface area contributed by atoms with E-state index in [0.29, 0.717) is 13.0 Å². The van der Waals surface area contributed by atoms with Crippen molar-refractivity contribution in [3.05, 3.63) is 95.1 Å². The fourth-order valence-electron chi connectivity index (χ4n) is 6.09. The first kappa shape index (κ1) is 37.0. The van der Waals surface area contributed by atoms with E-state index < -0.39 is 6.10 Å². The van der Waals surface area contributed by atoms with Crippen molar-refractivity contribution in [2.75, 3.05) is 13.1 Å². The van der Waals surface area contributed by atoms with Crippen LogP contribution >= 0.6 is 0 Å². The molecule has 5 heteroatoms. The van der Waals surface area contributed by atoms with Gasteiger partial charge in [-0.2, -0.15) is 0 Å². The van der Waals surface area contributed by atoms with Gasteiger partial charge in [-0.1, -0.05) is 144 Å². The van der Waals surface area contributed by atoms with Crippen LogP contribution in [0.15, 0.2) is 72.8 Å². The van der Waals surface area contributed by atoms with Gasteiger partial charge in [-0.3, -0.25) is 0 Å². The summed E-state index contributed by atoms with van der Waals surface area (Å²) in [4.78, 5) is 12.9. The standard InChI is InChI=1S/C41H61N3O2/c1-3-5-7-9-10-11-12-13-14-15-16-17-18-19-20-26-31-43-40-37-30-24-23-29-36(37)38(46-41(45)44-32-25-8-6-4-2)33-34-27-21-22-28-35(34)39(40)42/h10-11,13-14,21-24,27-30,38,43H,3-9,12,15-20,25-26,31-33,42H2,1-2H3,(H,44,45)/b11-10-,14-13-,40-39-. The molecule has 2 aromatic rings. The highest BCUT2D eigenvalue weighted by Crippen LogP contribution is 2.36. The number of nitrogens with two attached hydrogens (primary N) is 1. The van der Waals surface area contributed by atoms with Crippen molar-refractivity contribution in [1.82, 2.24) is 10.6 Å². The van der Waals surface area contributed by atoms with Gasteiger partial charge in [-0.05, 0) is 50.5 Å². The largest absolute Gasteiger partial charge is 0.441 e. The van der Waals surface area contributed by atoms with Gasteiger partial charge in [0.05, 0.1) is 11.4 Å². The number of carbonyl (C=O) groups excluding carboxylic acids is 1. The summed E-state index contributed by atoms with van der Waals surface area (Å²) in [6.45, 7) is 5.93. The molecule has 1 aliphatic carbocycles. The molecule has 0 aromatic heterocycles. The number of hydrogen-bond donors (Lipinski definition) is 3. The molecule has 4 N–H and O–H groups in total. The number of unbranched alkanes of at least 4 members (excludes halogenated alkanes) is 12. The molecule has 3 rings (SSSR count). The van der Waals surface area contributed by atoms with E-state index in [1.807, 2.05) is 24.3 Å². The summed E-state index contributed by atoms with van der Waals surface area (Å²) in [6, 6.07) is 16.4. The van der Waals surface area contributed by atoms with Crippen molar-refractivity contribution in [2.45, 2.75) is 129 Å². The monoisotopic (exact) mass is 627 g/mol. The molecule has 0 spiro atoms. The molecule has 2 aromatic carbocycles. The van der Waals surface area contributed by atoms with Crippen molar-refractivity contribution in [2.24, 2.45) is 5.73 Å². The first-order valence-corrected chi connectivity index (χ1v) is 18.3. The maximum Gasteiger partial charge on any atom is 0.407 e. The third-order valence-corrected chi connectivity index (χ3v) is 8.79. The summed E-state index contributed by atoms with van der Waals surface area (Å²) >= 11 is 0. The molecule has 1 atom stereocenters. The summed E-state index contributed by atoms with van der Waals surface area (Å²) in [6.07, 6.45) is 28.4. The Balaban J connectivity index is 1.49. The Hall–Kier alpha value is -3.47. The summed E-state index contributed by atoms with van der Waals surface area (Å²) in [5, 5.41) is 6.66. The fraction of sp³-hybridized carbons (Fsp3) is 0.537. The summed E-state index contributed by atoms with van der Waals surface area (Å²) in [5.41, 5.74) is 12.7. The van der Waals surface area contributed by atoms with Gasteiger partial charge in [0, 0.05) is 36.2 Å². The lowest BCUT2D eigenvalue weighted by Gasteiger charge is -2.27. The highest BCUT2D eigenvalue weighted by Gasteiger charge is 2.27. The molecule has 0 saturated heterocycles. The minimum Gasteiger partial charge on any atom is -0.441 e. The summed E-state index contributed by atoms with van der Waals surface area (Å²) in [5.74, 6) is 0. The summed E-state index contributed by atoms with van der Waals surface area (Å²) < 4.78 is 6.09. The van der Waals surface area contributed by atoms with Crippen molar-refractivity contribution in [3.63, 3.8) is 0 Å². The van der Waals surface area contributed by atoms with Crippen molar-refractivity contribution in [3.8, 4) is 0 Å². The maximum absolute atomic E-state index is 12.9. The predicted octanol–water partition coefficient (Wildman–Crippen LogP) is 10.8. The van der Waals surface area contributed by atoms with Gasteiger partial charge in [0.1, 0.15) is 6.10 Å². The molecule has 5 nitrogen and oxygen atoms in total. The minimum atomic E-state index is -0.403. The average Bonchev–Trinajstić information content (AvgIpc) is 3.07. The van der Waals surface area contributed by atoms with Crippen LogP contribution in [0.2, 0.25) is 0 Å². The Morgan fingerprint density at radius 2 is 1.33 bits per heavy atom. The van der Waals surface area contributed by atoms with Crippen LogP contribution in [0, 0.1) is 0 Å². The van der Waals surface area contributed by atoms with Gasteiger partial charge in [0.2, 0.25) is 0 Å². The van der Waals surface area contributed by atoms with E-state index in [1.165, 1.54) is 77.0 Å². The van der Waals surface area contributed by atoms with Crippen LogP contribution < -0.4 is 16.4 Å². The molecular formula is C41H61N3O2. The molecule has 0 bridgehead atoms. The first-order valence-electron chi connectivity index (χ1n) is 18.3. The van der Waals surface area contributed by atoms with Crippen LogP contribution in [0.25, 0.3) is 11.4 Å². The maximum atomic E-state index is 12.9. The number of allylic oxidation sites excluding steroid dienone is 4. The zero-order valence-corrected chi connectivity index (χ0v) is 28.8. The predicted molar refractivity (Wildman–Crippen MR) is 196 cm³/mol. The SMILES string of the molecule is CCCCC/C=C\C/C=C\CCCCCCCCN/C1=C(\N)c2ccccc2CC(OC(=O)NCCCCCC)c2ccccc21. The van der Waals surface area contributed by atoms with E-state index >= 15 is 0 Å². The van der Waals surface area contributed by atoms with Gasteiger partial charge in [-0.25, -0.2) is 4.79 Å². The van der Waals surface area contributed by atoms with Gasteiger partial charge < -0.3 is 21.1 Å². The molecule has 1 unspecified atom stereocenters. The Bertz CT molecular complexity index is 1230. The average molecular weight is 628 g/mol. The third kappa shape index (κ3) is 13.5. The Morgan fingerprint density at radius 3 is 2.09 bits per heavy atom. The molecule has 252 valence electrons. The third-order valence-electron chi connectivity index (χ3n) is 8.79. The quantitative estimate of drug-likeness (QED) is 0.0896. The zero-order chi connectivity index (χ0) is 32.7. The second-order valence-corrected chi connectivity index (χ2v) is 12.6. The number of hydrogen-bond acceptors (Lipinski definition) is 4. The van der Waals surface area contributed by atoms with Gasteiger partial charge in [0.15, 0.2) is 0 Å². The molecule has 0 saturated carbocycles. The smallest absolute Gasteiger partial charge is 0.407 e. The highest BCUT2D eigenvalue weighted by molar-refractivity contribution is 5.91. The van der Waals surface area contributed by atoms with Crippen LogP contribution in [0.4, 0.5) is 4.79 Å². The van der Waals surface area contributed by atoms with Crippen LogP contribution in [0.5, 0.6) is 0 Å².